The highest BCUT2D eigenvalue weighted by Crippen LogP contribution is 2.40. The molecule has 122 valence electrons. The summed E-state index contributed by atoms with van der Waals surface area (Å²) in [4.78, 5) is 11.2. The van der Waals surface area contributed by atoms with Crippen molar-refractivity contribution in [2.45, 2.75) is 45.4 Å². The maximum atomic E-state index is 6.26. The summed E-state index contributed by atoms with van der Waals surface area (Å²) >= 11 is 0. The fraction of sp³-hybridized carbons (Fsp3) is 0.588. The minimum absolute atomic E-state index is 0.112. The van der Waals surface area contributed by atoms with E-state index in [-0.39, 0.29) is 6.10 Å². The predicted octanol–water partition coefficient (Wildman–Crippen LogP) is 2.43. The van der Waals surface area contributed by atoms with Gasteiger partial charge in [0.15, 0.2) is 0 Å². The van der Waals surface area contributed by atoms with Gasteiger partial charge in [0, 0.05) is 37.8 Å². The van der Waals surface area contributed by atoms with Gasteiger partial charge in [-0.2, -0.15) is 0 Å². The fourth-order valence-corrected chi connectivity index (χ4v) is 3.74. The number of hydrogen-bond donors (Lipinski definition) is 0. The molecular formula is C17H22N4O2. The Hall–Kier alpha value is -1.79. The molecule has 2 saturated heterocycles. The number of nitrogens with zero attached hydrogens (tertiary/aromatic N) is 4. The van der Waals surface area contributed by atoms with Crippen molar-refractivity contribution in [3.8, 4) is 0 Å². The summed E-state index contributed by atoms with van der Waals surface area (Å²) in [5, 5.41) is 4.10. The highest BCUT2D eigenvalue weighted by atomic mass is 16.5. The first-order chi connectivity index (χ1) is 11.2. The lowest BCUT2D eigenvalue weighted by molar-refractivity contribution is -0.00267. The fourth-order valence-electron chi connectivity index (χ4n) is 3.74. The summed E-state index contributed by atoms with van der Waals surface area (Å²) in [6.45, 7) is 6.81. The first kappa shape index (κ1) is 14.8. The molecule has 0 saturated carbocycles. The van der Waals surface area contributed by atoms with Crippen LogP contribution in [0.25, 0.3) is 0 Å². The number of aryl methyl sites for hydroxylation is 2. The van der Waals surface area contributed by atoms with Crippen LogP contribution in [0.5, 0.6) is 0 Å². The van der Waals surface area contributed by atoms with E-state index in [1.807, 2.05) is 32.2 Å². The third kappa shape index (κ3) is 3.14. The first-order valence-corrected chi connectivity index (χ1v) is 8.27. The molecule has 3 atom stereocenters. The number of likely N-dealkylation sites (tertiary alicyclic amines) is 1. The largest absolute Gasteiger partial charge is 0.368 e. The summed E-state index contributed by atoms with van der Waals surface area (Å²) in [5.41, 5.74) is 2.04. The lowest BCUT2D eigenvalue weighted by Crippen LogP contribution is -2.40. The maximum absolute atomic E-state index is 6.26. The Morgan fingerprint density at radius 1 is 1.35 bits per heavy atom. The van der Waals surface area contributed by atoms with E-state index in [1.165, 1.54) is 0 Å². The van der Waals surface area contributed by atoms with Crippen molar-refractivity contribution in [1.29, 1.82) is 0 Å². The van der Waals surface area contributed by atoms with Gasteiger partial charge in [-0.15, -0.1) is 0 Å². The van der Waals surface area contributed by atoms with Crippen LogP contribution in [-0.2, 0) is 11.3 Å². The number of hydrogen-bond acceptors (Lipinski definition) is 6. The van der Waals surface area contributed by atoms with Gasteiger partial charge in [-0.25, -0.2) is 9.97 Å². The number of aromatic nitrogens is 3. The number of fused-ring (bicyclic) bond motifs is 1. The molecule has 0 spiro atoms. The highest BCUT2D eigenvalue weighted by molar-refractivity contribution is 5.09. The Balaban J connectivity index is 1.40. The van der Waals surface area contributed by atoms with Crippen LogP contribution in [0.4, 0.5) is 0 Å². The molecule has 2 aromatic heterocycles. The van der Waals surface area contributed by atoms with Gasteiger partial charge >= 0.3 is 0 Å². The van der Waals surface area contributed by atoms with E-state index >= 15 is 0 Å². The molecule has 4 heterocycles. The first-order valence-electron chi connectivity index (χ1n) is 8.27. The Morgan fingerprint density at radius 2 is 2.26 bits per heavy atom. The number of piperidine rings is 1. The van der Waals surface area contributed by atoms with Crippen molar-refractivity contribution in [3.05, 3.63) is 41.3 Å². The summed E-state index contributed by atoms with van der Waals surface area (Å²) in [6, 6.07) is 3.99. The van der Waals surface area contributed by atoms with Crippen LogP contribution >= 0.6 is 0 Å². The van der Waals surface area contributed by atoms with Gasteiger partial charge in [0.25, 0.3) is 0 Å². The van der Waals surface area contributed by atoms with E-state index < -0.39 is 0 Å². The van der Waals surface area contributed by atoms with Crippen molar-refractivity contribution in [1.82, 2.24) is 20.0 Å². The lowest BCUT2D eigenvalue weighted by Gasteiger charge is -2.33. The standard InChI is InChI=1S/C17H22N4O2/c1-11-7-14(20-23-11)10-21-6-4-16-13(9-21)8-17(22-16)15-3-5-18-12(2)19-15/h3,5,7,13,16-17H,4,6,8-10H2,1-2H3/t13-,16-,17-/m1/s1. The van der Waals surface area contributed by atoms with Crippen LogP contribution in [0.1, 0.15) is 41.9 Å². The van der Waals surface area contributed by atoms with Crippen LogP contribution in [0.3, 0.4) is 0 Å². The van der Waals surface area contributed by atoms with E-state index in [0.29, 0.717) is 12.0 Å². The summed E-state index contributed by atoms with van der Waals surface area (Å²) in [6.07, 6.45) is 4.39. The molecule has 0 aromatic carbocycles. The van der Waals surface area contributed by atoms with E-state index in [4.69, 9.17) is 9.26 Å². The average Bonchev–Trinajstić information content (AvgIpc) is 3.13. The quantitative estimate of drug-likeness (QED) is 0.867. The van der Waals surface area contributed by atoms with Gasteiger partial charge in [0.05, 0.1) is 17.5 Å². The topological polar surface area (TPSA) is 64.3 Å². The minimum atomic E-state index is 0.112. The summed E-state index contributed by atoms with van der Waals surface area (Å²) < 4.78 is 11.4. The normalized spacial score (nSPS) is 28.0. The molecule has 4 rings (SSSR count). The monoisotopic (exact) mass is 314 g/mol. The van der Waals surface area contributed by atoms with E-state index in [2.05, 4.69) is 20.0 Å². The van der Waals surface area contributed by atoms with Crippen molar-refractivity contribution < 1.29 is 9.26 Å². The van der Waals surface area contributed by atoms with Gasteiger partial charge in [0.2, 0.25) is 0 Å². The minimum Gasteiger partial charge on any atom is -0.368 e. The molecule has 2 aromatic rings. The Kier molecular flexibility index (Phi) is 3.87. The van der Waals surface area contributed by atoms with Gasteiger partial charge in [-0.3, -0.25) is 4.90 Å². The van der Waals surface area contributed by atoms with Crippen molar-refractivity contribution in [2.24, 2.45) is 5.92 Å². The van der Waals surface area contributed by atoms with Crippen molar-refractivity contribution in [3.63, 3.8) is 0 Å². The molecule has 0 unspecified atom stereocenters. The number of ether oxygens (including phenoxy) is 1. The molecular weight excluding hydrogens is 292 g/mol. The van der Waals surface area contributed by atoms with Gasteiger partial charge in [0.1, 0.15) is 17.7 Å². The van der Waals surface area contributed by atoms with Gasteiger partial charge < -0.3 is 9.26 Å². The zero-order valence-electron chi connectivity index (χ0n) is 13.6. The second kappa shape index (κ2) is 6.02. The zero-order chi connectivity index (χ0) is 15.8. The molecule has 2 aliphatic rings. The smallest absolute Gasteiger partial charge is 0.133 e. The molecule has 0 radical (unpaired) electrons. The molecule has 6 heteroatoms. The lowest BCUT2D eigenvalue weighted by atomic mass is 9.92. The van der Waals surface area contributed by atoms with Crippen LogP contribution < -0.4 is 0 Å². The highest BCUT2D eigenvalue weighted by Gasteiger charge is 2.40. The predicted molar refractivity (Wildman–Crippen MR) is 83.6 cm³/mol. The number of rotatable bonds is 3. The Morgan fingerprint density at radius 3 is 3.04 bits per heavy atom. The molecule has 0 amide bonds. The van der Waals surface area contributed by atoms with Gasteiger partial charge in [-0.1, -0.05) is 5.16 Å². The Labute approximate surface area is 135 Å². The van der Waals surface area contributed by atoms with E-state index in [9.17, 15) is 0 Å². The van der Waals surface area contributed by atoms with Gasteiger partial charge in [-0.05, 0) is 32.8 Å². The molecule has 0 bridgehead atoms. The Bertz CT molecular complexity index is 687. The van der Waals surface area contributed by atoms with Crippen molar-refractivity contribution in [2.75, 3.05) is 13.1 Å². The molecule has 23 heavy (non-hydrogen) atoms. The van der Waals surface area contributed by atoms with E-state index in [0.717, 1.165) is 55.4 Å². The van der Waals surface area contributed by atoms with Crippen molar-refractivity contribution >= 4 is 0 Å². The van der Waals surface area contributed by atoms with E-state index in [1.54, 1.807) is 0 Å². The second-order valence-electron chi connectivity index (χ2n) is 6.64. The molecule has 0 aliphatic carbocycles. The summed E-state index contributed by atoms with van der Waals surface area (Å²) in [7, 11) is 0. The van der Waals surface area contributed by atoms with Crippen LogP contribution in [-0.4, -0.2) is 39.2 Å². The molecule has 2 fully saturated rings. The zero-order valence-corrected chi connectivity index (χ0v) is 13.6. The SMILES string of the molecule is Cc1nccc([C@H]2C[C@@H]3CN(Cc4cc(C)on4)CC[C@H]3O2)n1. The second-order valence-corrected chi connectivity index (χ2v) is 6.64. The third-order valence-corrected chi connectivity index (χ3v) is 4.79. The molecule has 6 nitrogen and oxygen atoms in total. The molecule has 2 aliphatic heterocycles. The maximum Gasteiger partial charge on any atom is 0.133 e. The summed E-state index contributed by atoms with van der Waals surface area (Å²) in [5.74, 6) is 2.25. The van der Waals surface area contributed by atoms with Crippen LogP contribution in [0.15, 0.2) is 22.9 Å². The third-order valence-electron chi connectivity index (χ3n) is 4.79. The average molecular weight is 314 g/mol. The van der Waals surface area contributed by atoms with Crippen LogP contribution in [0, 0.1) is 19.8 Å². The van der Waals surface area contributed by atoms with Crippen LogP contribution in [0.2, 0.25) is 0 Å². The molecule has 0 N–H and O–H groups in total.